The largest absolute Gasteiger partial charge is 0.388 e. The fraction of sp³-hybridized carbons (Fsp3) is 0.176. The number of nitrogens with two attached hydrogens (primary N) is 1. The second-order valence-electron chi connectivity index (χ2n) is 5.40. The van der Waals surface area contributed by atoms with Crippen LogP contribution in [0.5, 0.6) is 0 Å². The van der Waals surface area contributed by atoms with Gasteiger partial charge in [0.2, 0.25) is 5.91 Å². The van der Waals surface area contributed by atoms with Crippen molar-refractivity contribution in [3.63, 3.8) is 0 Å². The molecule has 5 nitrogen and oxygen atoms in total. The van der Waals surface area contributed by atoms with E-state index in [9.17, 15) is 14.3 Å². The molecule has 3 rings (SSSR count). The number of carbonyl (C=O) groups is 1. The number of nitrogens with zero attached hydrogens (tertiary/aromatic N) is 1. The predicted molar refractivity (Wildman–Crippen MR) is 84.9 cm³/mol. The molecule has 1 aromatic heterocycles. The van der Waals surface area contributed by atoms with Gasteiger partial charge in [-0.2, -0.15) is 5.10 Å². The van der Waals surface area contributed by atoms with Gasteiger partial charge in [0.25, 0.3) is 0 Å². The first-order chi connectivity index (χ1) is 11.0. The summed E-state index contributed by atoms with van der Waals surface area (Å²) in [6, 6.07) is 11.5. The summed E-state index contributed by atoms with van der Waals surface area (Å²) < 4.78 is 13.1. The van der Waals surface area contributed by atoms with E-state index in [1.165, 1.54) is 12.1 Å². The summed E-state index contributed by atoms with van der Waals surface area (Å²) in [4.78, 5) is 10.8. The highest BCUT2D eigenvalue weighted by Gasteiger charge is 2.13. The number of hydrogen-bond acceptors (Lipinski definition) is 3. The molecule has 3 aromatic rings. The summed E-state index contributed by atoms with van der Waals surface area (Å²) in [6.45, 7) is 0. The number of fused-ring (bicyclic) bond motifs is 1. The van der Waals surface area contributed by atoms with E-state index in [1.807, 2.05) is 12.1 Å². The molecule has 0 fully saturated rings. The number of halogens is 1. The maximum atomic E-state index is 13.1. The Bertz CT molecular complexity index is 843. The number of aliphatic hydroxyl groups excluding tert-OH is 1. The minimum absolute atomic E-state index is 0.120. The van der Waals surface area contributed by atoms with Crippen molar-refractivity contribution in [2.24, 2.45) is 5.73 Å². The number of aromatic amines is 1. The first-order valence-corrected chi connectivity index (χ1v) is 7.25. The molecule has 6 heteroatoms. The van der Waals surface area contributed by atoms with Crippen LogP contribution in [-0.2, 0) is 4.79 Å². The first kappa shape index (κ1) is 15.2. The number of primary amides is 1. The van der Waals surface area contributed by atoms with Gasteiger partial charge in [0.1, 0.15) is 5.82 Å². The molecule has 4 N–H and O–H groups in total. The fourth-order valence-electron chi connectivity index (χ4n) is 2.51. The van der Waals surface area contributed by atoms with Crippen LogP contribution in [-0.4, -0.2) is 21.2 Å². The summed E-state index contributed by atoms with van der Waals surface area (Å²) in [7, 11) is 0. The van der Waals surface area contributed by atoms with Gasteiger partial charge < -0.3 is 10.8 Å². The van der Waals surface area contributed by atoms with E-state index in [2.05, 4.69) is 10.2 Å². The van der Waals surface area contributed by atoms with Gasteiger partial charge in [0, 0.05) is 17.4 Å². The van der Waals surface area contributed by atoms with Crippen LogP contribution >= 0.6 is 0 Å². The van der Waals surface area contributed by atoms with Crippen molar-refractivity contribution in [1.29, 1.82) is 0 Å². The van der Waals surface area contributed by atoms with E-state index in [0.717, 1.165) is 16.5 Å². The van der Waals surface area contributed by atoms with Gasteiger partial charge >= 0.3 is 0 Å². The van der Waals surface area contributed by atoms with Gasteiger partial charge in [-0.3, -0.25) is 9.89 Å². The van der Waals surface area contributed by atoms with Gasteiger partial charge in [0.05, 0.1) is 17.3 Å². The van der Waals surface area contributed by atoms with Gasteiger partial charge in [-0.05, 0) is 48.4 Å². The molecule has 1 unspecified atom stereocenters. The molecule has 0 spiro atoms. The Balaban J connectivity index is 1.96. The highest BCUT2D eigenvalue weighted by Crippen LogP contribution is 2.29. The molecule has 0 aliphatic carbocycles. The van der Waals surface area contributed by atoms with Crippen LogP contribution in [0.15, 0.2) is 42.5 Å². The molecule has 1 amide bonds. The van der Waals surface area contributed by atoms with Crippen molar-refractivity contribution in [3.05, 3.63) is 53.8 Å². The summed E-state index contributed by atoms with van der Waals surface area (Å²) in [5.41, 5.74) is 8.07. The van der Waals surface area contributed by atoms with Gasteiger partial charge in [-0.1, -0.05) is 6.07 Å². The maximum absolute atomic E-state index is 13.1. The third-order valence-corrected chi connectivity index (χ3v) is 3.75. The zero-order valence-electron chi connectivity index (χ0n) is 12.3. The Kier molecular flexibility index (Phi) is 4.08. The molecule has 0 aliphatic rings. The fourth-order valence-corrected chi connectivity index (χ4v) is 2.51. The summed E-state index contributed by atoms with van der Waals surface area (Å²) in [5.74, 6) is -0.753. The van der Waals surface area contributed by atoms with Crippen molar-refractivity contribution < 1.29 is 14.3 Å². The number of rotatable bonds is 5. The molecule has 23 heavy (non-hydrogen) atoms. The van der Waals surface area contributed by atoms with Crippen LogP contribution < -0.4 is 5.73 Å². The van der Waals surface area contributed by atoms with Crippen molar-refractivity contribution in [2.45, 2.75) is 18.9 Å². The molecule has 0 saturated heterocycles. The molecular formula is C17H16FN3O2. The van der Waals surface area contributed by atoms with Gasteiger partial charge in [-0.25, -0.2) is 4.39 Å². The van der Waals surface area contributed by atoms with E-state index >= 15 is 0 Å². The number of aromatic nitrogens is 2. The average Bonchev–Trinajstić information content (AvgIpc) is 2.96. The van der Waals surface area contributed by atoms with Crippen LogP contribution in [0.4, 0.5) is 4.39 Å². The molecule has 0 aliphatic heterocycles. The van der Waals surface area contributed by atoms with Crippen LogP contribution in [0.2, 0.25) is 0 Å². The quantitative estimate of drug-likeness (QED) is 0.676. The van der Waals surface area contributed by atoms with E-state index < -0.39 is 12.0 Å². The molecule has 0 radical (unpaired) electrons. The van der Waals surface area contributed by atoms with Crippen LogP contribution in [0.25, 0.3) is 22.2 Å². The maximum Gasteiger partial charge on any atom is 0.217 e. The Hall–Kier alpha value is -2.73. The summed E-state index contributed by atoms with van der Waals surface area (Å²) >= 11 is 0. The third kappa shape index (κ3) is 3.22. The smallest absolute Gasteiger partial charge is 0.217 e. The second kappa shape index (κ2) is 6.18. The molecule has 1 heterocycles. The van der Waals surface area contributed by atoms with E-state index in [1.54, 1.807) is 18.2 Å². The second-order valence-corrected chi connectivity index (χ2v) is 5.40. The minimum atomic E-state index is -0.775. The van der Waals surface area contributed by atoms with Crippen LogP contribution in [0.3, 0.4) is 0 Å². The molecule has 118 valence electrons. The lowest BCUT2D eigenvalue weighted by Crippen LogP contribution is -2.12. The number of nitrogens with one attached hydrogen (secondary N) is 1. The summed E-state index contributed by atoms with van der Waals surface area (Å²) in [6.07, 6.45) is -0.386. The number of aliphatic hydroxyl groups is 1. The van der Waals surface area contributed by atoms with E-state index in [-0.39, 0.29) is 18.7 Å². The lowest BCUT2D eigenvalue weighted by atomic mass is 10.0. The molecule has 1 atom stereocenters. The molecule has 0 bridgehead atoms. The number of benzene rings is 2. The van der Waals surface area contributed by atoms with Crippen molar-refractivity contribution in [3.8, 4) is 11.3 Å². The van der Waals surface area contributed by atoms with Crippen LogP contribution in [0, 0.1) is 5.82 Å². The van der Waals surface area contributed by atoms with E-state index in [4.69, 9.17) is 5.73 Å². The Morgan fingerprint density at radius 2 is 2.00 bits per heavy atom. The van der Waals surface area contributed by atoms with Gasteiger partial charge in [0.15, 0.2) is 0 Å². The lowest BCUT2D eigenvalue weighted by molar-refractivity contribution is -0.118. The SMILES string of the molecule is NC(=O)CCC(O)c1ccc2[nH]nc(-c3ccc(F)cc3)c2c1. The average molecular weight is 313 g/mol. The number of amides is 1. The Morgan fingerprint density at radius 3 is 2.70 bits per heavy atom. The monoisotopic (exact) mass is 313 g/mol. The zero-order valence-corrected chi connectivity index (χ0v) is 12.3. The van der Waals surface area contributed by atoms with Gasteiger partial charge in [-0.15, -0.1) is 0 Å². The molecule has 0 saturated carbocycles. The number of hydrogen-bond donors (Lipinski definition) is 3. The third-order valence-electron chi connectivity index (χ3n) is 3.75. The Morgan fingerprint density at radius 1 is 1.26 bits per heavy atom. The van der Waals surface area contributed by atoms with Crippen LogP contribution in [0.1, 0.15) is 24.5 Å². The van der Waals surface area contributed by atoms with E-state index in [0.29, 0.717) is 11.3 Å². The minimum Gasteiger partial charge on any atom is -0.388 e. The normalized spacial score (nSPS) is 12.4. The highest BCUT2D eigenvalue weighted by atomic mass is 19.1. The predicted octanol–water partition coefficient (Wildman–Crippen LogP) is 2.67. The van der Waals surface area contributed by atoms with Crippen molar-refractivity contribution in [2.75, 3.05) is 0 Å². The Labute approximate surface area is 131 Å². The summed E-state index contributed by atoms with van der Waals surface area (Å²) in [5, 5.41) is 18.2. The number of H-pyrrole nitrogens is 1. The topological polar surface area (TPSA) is 92.0 Å². The number of carbonyl (C=O) groups excluding carboxylic acids is 1. The molecular weight excluding hydrogens is 297 g/mol. The zero-order chi connectivity index (χ0) is 16.4. The lowest BCUT2D eigenvalue weighted by Gasteiger charge is -2.10. The van der Waals surface area contributed by atoms with Crippen molar-refractivity contribution >= 4 is 16.8 Å². The standard InChI is InChI=1S/C17H16FN3O2/c18-12-4-1-10(2-5-12)17-13-9-11(3-6-14(13)20-21-17)15(22)7-8-16(19)23/h1-6,9,15,22H,7-8H2,(H2,19,23)(H,20,21). The van der Waals surface area contributed by atoms with Crippen molar-refractivity contribution in [1.82, 2.24) is 10.2 Å². The first-order valence-electron chi connectivity index (χ1n) is 7.25. The highest BCUT2D eigenvalue weighted by molar-refractivity contribution is 5.93. The molecule has 2 aromatic carbocycles.